The average Bonchev–Trinajstić information content (AvgIpc) is 2.91. The summed E-state index contributed by atoms with van der Waals surface area (Å²) in [5, 5.41) is 3.56. The van der Waals surface area contributed by atoms with Gasteiger partial charge >= 0.3 is 0 Å². The van der Waals surface area contributed by atoms with Crippen LogP contribution in [0.15, 0.2) is 22.8 Å². The molecule has 1 N–H and O–H groups in total. The molecule has 19 heavy (non-hydrogen) atoms. The molecular weight excluding hydrogens is 236 g/mol. The minimum atomic E-state index is 0.331. The highest BCUT2D eigenvalue weighted by molar-refractivity contribution is 4.98. The molecule has 0 aliphatic rings. The summed E-state index contributed by atoms with van der Waals surface area (Å²) < 4.78 is 5.46. The van der Waals surface area contributed by atoms with Crippen molar-refractivity contribution in [3.05, 3.63) is 24.2 Å². The zero-order valence-electron chi connectivity index (χ0n) is 13.0. The van der Waals surface area contributed by atoms with Gasteiger partial charge in [0.15, 0.2) is 0 Å². The van der Waals surface area contributed by atoms with E-state index in [-0.39, 0.29) is 0 Å². The molecule has 1 heterocycles. The second-order valence-corrected chi connectivity index (χ2v) is 5.72. The SMILES string of the molecule is CCCNCC(C)(CC)CN(CC)Cc1ccco1. The summed E-state index contributed by atoms with van der Waals surface area (Å²) in [6.45, 7) is 14.4. The molecular formula is C16H30N2O. The Morgan fingerprint density at radius 3 is 2.63 bits per heavy atom. The first-order valence-electron chi connectivity index (χ1n) is 7.59. The van der Waals surface area contributed by atoms with Crippen molar-refractivity contribution in [1.29, 1.82) is 0 Å². The van der Waals surface area contributed by atoms with Crippen LogP contribution >= 0.6 is 0 Å². The fourth-order valence-electron chi connectivity index (χ4n) is 2.30. The van der Waals surface area contributed by atoms with Crippen LogP contribution in [-0.2, 0) is 6.54 Å². The molecule has 1 atom stereocenters. The summed E-state index contributed by atoms with van der Waals surface area (Å²) in [6, 6.07) is 4.02. The third-order valence-corrected chi connectivity index (χ3v) is 3.84. The van der Waals surface area contributed by atoms with E-state index in [0.29, 0.717) is 5.41 Å². The van der Waals surface area contributed by atoms with E-state index < -0.39 is 0 Å². The molecule has 0 fully saturated rings. The topological polar surface area (TPSA) is 28.4 Å². The van der Waals surface area contributed by atoms with Crippen molar-refractivity contribution < 1.29 is 4.42 Å². The van der Waals surface area contributed by atoms with Crippen LogP contribution in [0.5, 0.6) is 0 Å². The smallest absolute Gasteiger partial charge is 0.117 e. The molecule has 0 aromatic carbocycles. The highest BCUT2D eigenvalue weighted by Crippen LogP contribution is 2.22. The van der Waals surface area contributed by atoms with Crippen LogP contribution in [0.4, 0.5) is 0 Å². The van der Waals surface area contributed by atoms with Crippen molar-refractivity contribution >= 4 is 0 Å². The number of nitrogens with zero attached hydrogens (tertiary/aromatic N) is 1. The molecule has 3 nitrogen and oxygen atoms in total. The van der Waals surface area contributed by atoms with Gasteiger partial charge in [0.1, 0.15) is 5.76 Å². The van der Waals surface area contributed by atoms with E-state index in [2.05, 4.69) is 44.0 Å². The third-order valence-electron chi connectivity index (χ3n) is 3.84. The van der Waals surface area contributed by atoms with Gasteiger partial charge in [-0.15, -0.1) is 0 Å². The van der Waals surface area contributed by atoms with Crippen LogP contribution in [0.3, 0.4) is 0 Å². The van der Waals surface area contributed by atoms with Crippen LogP contribution < -0.4 is 5.32 Å². The average molecular weight is 266 g/mol. The monoisotopic (exact) mass is 266 g/mol. The molecule has 0 spiro atoms. The van der Waals surface area contributed by atoms with Crippen LogP contribution in [0, 0.1) is 5.41 Å². The zero-order valence-corrected chi connectivity index (χ0v) is 13.0. The maximum Gasteiger partial charge on any atom is 0.117 e. The molecule has 1 aromatic rings. The minimum absolute atomic E-state index is 0.331. The Labute approximate surface area is 118 Å². The summed E-state index contributed by atoms with van der Waals surface area (Å²) >= 11 is 0. The van der Waals surface area contributed by atoms with Gasteiger partial charge in [-0.2, -0.15) is 0 Å². The fourth-order valence-corrected chi connectivity index (χ4v) is 2.30. The molecule has 1 rings (SSSR count). The van der Waals surface area contributed by atoms with Gasteiger partial charge < -0.3 is 9.73 Å². The van der Waals surface area contributed by atoms with Crippen molar-refractivity contribution in [2.45, 2.75) is 47.1 Å². The van der Waals surface area contributed by atoms with E-state index in [1.807, 2.05) is 6.07 Å². The number of furan rings is 1. The van der Waals surface area contributed by atoms with E-state index in [1.54, 1.807) is 6.26 Å². The Morgan fingerprint density at radius 1 is 1.32 bits per heavy atom. The zero-order chi connectivity index (χ0) is 14.1. The first kappa shape index (κ1) is 16.3. The van der Waals surface area contributed by atoms with Crippen molar-refractivity contribution in [2.75, 3.05) is 26.2 Å². The van der Waals surface area contributed by atoms with Crippen LogP contribution in [0.25, 0.3) is 0 Å². The molecule has 0 saturated carbocycles. The van der Waals surface area contributed by atoms with Gasteiger partial charge in [0.25, 0.3) is 0 Å². The molecule has 0 aliphatic heterocycles. The van der Waals surface area contributed by atoms with Gasteiger partial charge in [-0.3, -0.25) is 4.90 Å². The molecule has 3 heteroatoms. The van der Waals surface area contributed by atoms with Crippen molar-refractivity contribution in [2.24, 2.45) is 5.41 Å². The Balaban J connectivity index is 2.50. The number of hydrogen-bond donors (Lipinski definition) is 1. The van der Waals surface area contributed by atoms with E-state index in [1.165, 1.54) is 12.8 Å². The standard InChI is InChI=1S/C16H30N2O/c1-5-10-17-13-16(4,6-2)14-18(7-3)12-15-9-8-11-19-15/h8-9,11,17H,5-7,10,12-14H2,1-4H3. The highest BCUT2D eigenvalue weighted by atomic mass is 16.3. The van der Waals surface area contributed by atoms with Crippen LogP contribution in [0.1, 0.15) is 46.3 Å². The summed E-state index contributed by atoms with van der Waals surface area (Å²) in [4.78, 5) is 2.47. The normalized spacial score (nSPS) is 14.8. The van der Waals surface area contributed by atoms with Gasteiger partial charge in [0, 0.05) is 13.1 Å². The lowest BCUT2D eigenvalue weighted by atomic mass is 9.86. The Bertz CT molecular complexity index is 323. The van der Waals surface area contributed by atoms with E-state index in [4.69, 9.17) is 4.42 Å². The fraction of sp³-hybridized carbons (Fsp3) is 0.750. The van der Waals surface area contributed by atoms with Gasteiger partial charge in [0.05, 0.1) is 12.8 Å². The van der Waals surface area contributed by atoms with E-state index in [9.17, 15) is 0 Å². The summed E-state index contributed by atoms with van der Waals surface area (Å²) in [5.74, 6) is 1.06. The summed E-state index contributed by atoms with van der Waals surface area (Å²) in [5.41, 5.74) is 0.331. The van der Waals surface area contributed by atoms with Crippen molar-refractivity contribution in [3.63, 3.8) is 0 Å². The Kier molecular flexibility index (Phi) is 7.17. The predicted molar refractivity (Wildman–Crippen MR) is 81.2 cm³/mol. The van der Waals surface area contributed by atoms with E-state index >= 15 is 0 Å². The molecule has 1 unspecified atom stereocenters. The maximum atomic E-state index is 5.46. The summed E-state index contributed by atoms with van der Waals surface area (Å²) in [7, 11) is 0. The van der Waals surface area contributed by atoms with Crippen molar-refractivity contribution in [1.82, 2.24) is 10.2 Å². The van der Waals surface area contributed by atoms with Gasteiger partial charge in [-0.05, 0) is 43.5 Å². The Hall–Kier alpha value is -0.800. The number of rotatable bonds is 10. The number of nitrogens with one attached hydrogen (secondary N) is 1. The van der Waals surface area contributed by atoms with Gasteiger partial charge in [-0.25, -0.2) is 0 Å². The van der Waals surface area contributed by atoms with E-state index in [0.717, 1.165) is 38.5 Å². The lowest BCUT2D eigenvalue weighted by Crippen LogP contribution is -2.42. The molecule has 0 aliphatic carbocycles. The summed E-state index contributed by atoms with van der Waals surface area (Å²) in [6.07, 6.45) is 4.15. The van der Waals surface area contributed by atoms with Gasteiger partial charge in [0.2, 0.25) is 0 Å². The quantitative estimate of drug-likeness (QED) is 0.657. The molecule has 110 valence electrons. The largest absolute Gasteiger partial charge is 0.468 e. The molecule has 1 aromatic heterocycles. The lowest BCUT2D eigenvalue weighted by molar-refractivity contribution is 0.147. The second kappa shape index (κ2) is 8.39. The van der Waals surface area contributed by atoms with Crippen LogP contribution in [-0.4, -0.2) is 31.1 Å². The molecule has 0 amide bonds. The highest BCUT2D eigenvalue weighted by Gasteiger charge is 2.24. The first-order valence-corrected chi connectivity index (χ1v) is 7.59. The third kappa shape index (κ3) is 5.79. The number of hydrogen-bond acceptors (Lipinski definition) is 3. The molecule has 0 radical (unpaired) electrons. The second-order valence-electron chi connectivity index (χ2n) is 5.72. The maximum absolute atomic E-state index is 5.46. The Morgan fingerprint density at radius 2 is 2.11 bits per heavy atom. The lowest BCUT2D eigenvalue weighted by Gasteiger charge is -2.34. The molecule has 0 bridgehead atoms. The van der Waals surface area contributed by atoms with Crippen LogP contribution in [0.2, 0.25) is 0 Å². The minimum Gasteiger partial charge on any atom is -0.468 e. The predicted octanol–water partition coefficient (Wildman–Crippen LogP) is 3.52. The van der Waals surface area contributed by atoms with Gasteiger partial charge in [-0.1, -0.05) is 27.7 Å². The molecule has 0 saturated heterocycles. The van der Waals surface area contributed by atoms with Crippen molar-refractivity contribution in [3.8, 4) is 0 Å². The first-order chi connectivity index (χ1) is 9.13.